The number of rotatable bonds is 5. The zero-order valence-corrected chi connectivity index (χ0v) is 9.71. The first-order valence-corrected chi connectivity index (χ1v) is 5.18. The van der Waals surface area contributed by atoms with Gasteiger partial charge in [-0.2, -0.15) is 0 Å². The molecule has 0 heterocycles. The molecule has 0 spiro atoms. The van der Waals surface area contributed by atoms with Gasteiger partial charge >= 0.3 is 0 Å². The van der Waals surface area contributed by atoms with E-state index in [2.05, 4.69) is 0 Å². The minimum Gasteiger partial charge on any atom is -0.497 e. The molecule has 1 aromatic rings. The van der Waals surface area contributed by atoms with Gasteiger partial charge in [0, 0.05) is 0 Å². The molecule has 1 unspecified atom stereocenters. The first-order chi connectivity index (χ1) is 7.17. The first kappa shape index (κ1) is 11.8. The Balaban J connectivity index is 2.67. The SMILES string of the molecule is CCC(Oc1ccc(OC)cc1)C(N)=S. The van der Waals surface area contributed by atoms with Crippen molar-refractivity contribution in [2.24, 2.45) is 5.73 Å². The van der Waals surface area contributed by atoms with Gasteiger partial charge in [0.2, 0.25) is 0 Å². The second kappa shape index (κ2) is 5.56. The topological polar surface area (TPSA) is 44.5 Å². The summed E-state index contributed by atoms with van der Waals surface area (Å²) in [6.45, 7) is 1.98. The van der Waals surface area contributed by atoms with E-state index in [9.17, 15) is 0 Å². The van der Waals surface area contributed by atoms with Crippen LogP contribution >= 0.6 is 12.2 Å². The van der Waals surface area contributed by atoms with E-state index in [0.717, 1.165) is 17.9 Å². The van der Waals surface area contributed by atoms with Gasteiger partial charge in [-0.15, -0.1) is 0 Å². The van der Waals surface area contributed by atoms with Crippen LogP contribution in [0.4, 0.5) is 0 Å². The van der Waals surface area contributed by atoms with Gasteiger partial charge < -0.3 is 15.2 Å². The third-order valence-electron chi connectivity index (χ3n) is 2.03. The molecule has 1 rings (SSSR count). The molecule has 15 heavy (non-hydrogen) atoms. The van der Waals surface area contributed by atoms with E-state index in [1.165, 1.54) is 0 Å². The van der Waals surface area contributed by atoms with Gasteiger partial charge in [0.15, 0.2) is 0 Å². The van der Waals surface area contributed by atoms with Crippen LogP contribution in [0.5, 0.6) is 11.5 Å². The number of hydrogen-bond acceptors (Lipinski definition) is 3. The Morgan fingerprint density at radius 1 is 1.33 bits per heavy atom. The first-order valence-electron chi connectivity index (χ1n) is 4.77. The molecule has 1 aromatic carbocycles. The van der Waals surface area contributed by atoms with E-state index in [4.69, 9.17) is 27.4 Å². The standard InChI is InChI=1S/C11H15NO2S/c1-3-10(11(12)15)14-9-6-4-8(13-2)5-7-9/h4-7,10H,3H2,1-2H3,(H2,12,15). The fraction of sp³-hybridized carbons (Fsp3) is 0.364. The number of hydrogen-bond donors (Lipinski definition) is 1. The average molecular weight is 225 g/mol. The van der Waals surface area contributed by atoms with Crippen molar-refractivity contribution in [1.82, 2.24) is 0 Å². The number of nitrogens with two attached hydrogens (primary N) is 1. The Kier molecular flexibility index (Phi) is 4.37. The molecule has 3 nitrogen and oxygen atoms in total. The Morgan fingerprint density at radius 3 is 2.27 bits per heavy atom. The van der Waals surface area contributed by atoms with Gasteiger partial charge in [0.25, 0.3) is 0 Å². The van der Waals surface area contributed by atoms with Gasteiger partial charge in [-0.25, -0.2) is 0 Å². The lowest BCUT2D eigenvalue weighted by Gasteiger charge is -2.16. The zero-order valence-electron chi connectivity index (χ0n) is 8.90. The fourth-order valence-corrected chi connectivity index (χ4v) is 1.38. The highest BCUT2D eigenvalue weighted by molar-refractivity contribution is 7.80. The molecule has 0 radical (unpaired) electrons. The van der Waals surface area contributed by atoms with Gasteiger partial charge in [-0.1, -0.05) is 19.1 Å². The lowest BCUT2D eigenvalue weighted by Crippen LogP contribution is -2.31. The molecule has 0 aromatic heterocycles. The quantitative estimate of drug-likeness (QED) is 0.780. The number of thiocarbonyl (C=S) groups is 1. The third kappa shape index (κ3) is 3.40. The molecule has 2 N–H and O–H groups in total. The Hall–Kier alpha value is -1.29. The average Bonchev–Trinajstić information content (AvgIpc) is 2.26. The lowest BCUT2D eigenvalue weighted by atomic mass is 10.2. The maximum Gasteiger partial charge on any atom is 0.148 e. The van der Waals surface area contributed by atoms with Gasteiger partial charge in [-0.05, 0) is 30.7 Å². The maximum absolute atomic E-state index is 5.60. The predicted octanol–water partition coefficient (Wildman–Crippen LogP) is 2.14. The van der Waals surface area contributed by atoms with Crippen LogP contribution in [0.25, 0.3) is 0 Å². The highest BCUT2D eigenvalue weighted by atomic mass is 32.1. The molecule has 82 valence electrons. The van der Waals surface area contributed by atoms with E-state index in [1.54, 1.807) is 7.11 Å². The molecule has 0 aliphatic rings. The van der Waals surface area contributed by atoms with E-state index in [0.29, 0.717) is 4.99 Å². The van der Waals surface area contributed by atoms with Crippen molar-refractivity contribution in [1.29, 1.82) is 0 Å². The third-order valence-corrected chi connectivity index (χ3v) is 2.29. The molecular weight excluding hydrogens is 210 g/mol. The monoisotopic (exact) mass is 225 g/mol. The maximum atomic E-state index is 5.60. The lowest BCUT2D eigenvalue weighted by molar-refractivity contribution is 0.263. The summed E-state index contributed by atoms with van der Waals surface area (Å²) in [5.41, 5.74) is 5.53. The van der Waals surface area contributed by atoms with Crippen LogP contribution in [0.15, 0.2) is 24.3 Å². The summed E-state index contributed by atoms with van der Waals surface area (Å²) in [7, 11) is 1.62. The summed E-state index contributed by atoms with van der Waals surface area (Å²) in [4.78, 5) is 0.383. The Bertz CT molecular complexity index is 324. The van der Waals surface area contributed by atoms with Crippen LogP contribution in [-0.2, 0) is 0 Å². The van der Waals surface area contributed by atoms with Crippen LogP contribution < -0.4 is 15.2 Å². The highest BCUT2D eigenvalue weighted by Crippen LogP contribution is 2.18. The molecule has 0 saturated heterocycles. The molecule has 0 saturated carbocycles. The summed E-state index contributed by atoms with van der Waals surface area (Å²) in [6, 6.07) is 7.34. The molecular formula is C11H15NO2S. The molecule has 0 bridgehead atoms. The summed E-state index contributed by atoms with van der Waals surface area (Å²) >= 11 is 4.89. The van der Waals surface area contributed by atoms with Gasteiger partial charge in [-0.3, -0.25) is 0 Å². The largest absolute Gasteiger partial charge is 0.497 e. The van der Waals surface area contributed by atoms with Crippen LogP contribution in [0.3, 0.4) is 0 Å². The minimum absolute atomic E-state index is 0.201. The highest BCUT2D eigenvalue weighted by Gasteiger charge is 2.10. The van der Waals surface area contributed by atoms with E-state index in [1.807, 2.05) is 31.2 Å². The molecule has 4 heteroatoms. The minimum atomic E-state index is -0.201. The van der Waals surface area contributed by atoms with Crippen molar-refractivity contribution in [2.75, 3.05) is 7.11 Å². The van der Waals surface area contributed by atoms with Crippen molar-refractivity contribution in [3.8, 4) is 11.5 Å². The second-order valence-corrected chi connectivity index (χ2v) is 3.56. The predicted molar refractivity (Wildman–Crippen MR) is 64.5 cm³/mol. The van der Waals surface area contributed by atoms with Gasteiger partial charge in [0.05, 0.1) is 7.11 Å². The number of ether oxygens (including phenoxy) is 2. The van der Waals surface area contributed by atoms with Crippen molar-refractivity contribution >= 4 is 17.2 Å². The van der Waals surface area contributed by atoms with Crippen LogP contribution in [0.2, 0.25) is 0 Å². The smallest absolute Gasteiger partial charge is 0.148 e. The molecule has 1 atom stereocenters. The second-order valence-electron chi connectivity index (χ2n) is 3.09. The molecule has 0 fully saturated rings. The van der Waals surface area contributed by atoms with Crippen molar-refractivity contribution in [3.63, 3.8) is 0 Å². The van der Waals surface area contributed by atoms with Crippen LogP contribution in [-0.4, -0.2) is 18.2 Å². The molecule has 0 aliphatic carbocycles. The number of benzene rings is 1. The summed E-state index contributed by atoms with van der Waals surface area (Å²) in [5.74, 6) is 1.54. The Labute approximate surface area is 95.2 Å². The molecule has 0 aliphatic heterocycles. The van der Waals surface area contributed by atoms with Crippen LogP contribution in [0, 0.1) is 0 Å². The fourth-order valence-electron chi connectivity index (χ4n) is 1.16. The van der Waals surface area contributed by atoms with Crippen molar-refractivity contribution in [2.45, 2.75) is 19.4 Å². The van der Waals surface area contributed by atoms with Crippen molar-refractivity contribution < 1.29 is 9.47 Å². The zero-order chi connectivity index (χ0) is 11.3. The van der Waals surface area contributed by atoms with Crippen molar-refractivity contribution in [3.05, 3.63) is 24.3 Å². The Morgan fingerprint density at radius 2 is 1.87 bits per heavy atom. The van der Waals surface area contributed by atoms with Crippen LogP contribution in [0.1, 0.15) is 13.3 Å². The summed E-state index contributed by atoms with van der Waals surface area (Å²) < 4.78 is 10.6. The van der Waals surface area contributed by atoms with E-state index in [-0.39, 0.29) is 6.10 Å². The van der Waals surface area contributed by atoms with E-state index >= 15 is 0 Å². The number of methoxy groups -OCH3 is 1. The van der Waals surface area contributed by atoms with Gasteiger partial charge in [0.1, 0.15) is 22.6 Å². The summed E-state index contributed by atoms with van der Waals surface area (Å²) in [5, 5.41) is 0. The van der Waals surface area contributed by atoms with E-state index < -0.39 is 0 Å². The normalized spacial score (nSPS) is 11.9. The molecule has 0 amide bonds. The summed E-state index contributed by atoms with van der Waals surface area (Å²) in [6.07, 6.45) is 0.565.